The molecule has 0 aliphatic heterocycles. The number of hydrogen-bond donors (Lipinski definition) is 3. The number of carbonyl (C=O) groups excluding carboxylic acids is 2. The van der Waals surface area contributed by atoms with Crippen LogP contribution in [0.2, 0.25) is 0 Å². The third-order valence-electron chi connectivity index (χ3n) is 4.93. The summed E-state index contributed by atoms with van der Waals surface area (Å²) in [5, 5.41) is 8.46. The van der Waals surface area contributed by atoms with E-state index in [0.717, 1.165) is 11.3 Å². The van der Waals surface area contributed by atoms with Crippen LogP contribution in [0.5, 0.6) is 11.5 Å². The molecule has 0 atom stereocenters. The number of ether oxygens (including phenoxy) is 2. The van der Waals surface area contributed by atoms with Crippen LogP contribution in [0.4, 0.5) is 21.9 Å². The fourth-order valence-electron chi connectivity index (χ4n) is 3.25. The molecular weight excluding hydrogens is 420 g/mol. The zero-order valence-corrected chi connectivity index (χ0v) is 19.1. The van der Waals surface area contributed by atoms with E-state index in [1.54, 1.807) is 43.5 Å². The molecule has 0 aromatic heterocycles. The van der Waals surface area contributed by atoms with Crippen LogP contribution in [0.25, 0.3) is 0 Å². The molecule has 8 nitrogen and oxygen atoms in total. The normalized spacial score (nSPS) is 10.2. The molecule has 3 aromatic carbocycles. The molecule has 33 heavy (non-hydrogen) atoms. The SMILES string of the molecule is COc1ccc(NC(=O)Nc2ccc(N(C)C)c(C(=O)NCc3ccccc3)c2)c(OC)c1. The highest BCUT2D eigenvalue weighted by Crippen LogP contribution is 2.29. The van der Waals surface area contributed by atoms with Crippen molar-refractivity contribution in [2.75, 3.05) is 43.8 Å². The third-order valence-corrected chi connectivity index (χ3v) is 4.93. The fourth-order valence-corrected chi connectivity index (χ4v) is 3.25. The van der Waals surface area contributed by atoms with E-state index < -0.39 is 6.03 Å². The second kappa shape index (κ2) is 10.9. The van der Waals surface area contributed by atoms with Gasteiger partial charge in [-0.1, -0.05) is 30.3 Å². The van der Waals surface area contributed by atoms with E-state index in [4.69, 9.17) is 9.47 Å². The Morgan fingerprint density at radius 3 is 2.30 bits per heavy atom. The number of carbonyl (C=O) groups is 2. The monoisotopic (exact) mass is 448 g/mol. The number of rotatable bonds is 8. The molecule has 0 saturated heterocycles. The quantitative estimate of drug-likeness (QED) is 0.477. The Hall–Kier alpha value is -4.20. The van der Waals surface area contributed by atoms with Crippen LogP contribution in [0, 0.1) is 0 Å². The van der Waals surface area contributed by atoms with Gasteiger partial charge in [-0.05, 0) is 35.9 Å². The molecule has 3 aromatic rings. The Morgan fingerprint density at radius 1 is 0.879 bits per heavy atom. The maximum absolute atomic E-state index is 12.9. The van der Waals surface area contributed by atoms with Gasteiger partial charge < -0.3 is 30.3 Å². The summed E-state index contributed by atoms with van der Waals surface area (Å²) in [5.41, 5.74) is 3.16. The predicted molar refractivity (Wildman–Crippen MR) is 131 cm³/mol. The Kier molecular flexibility index (Phi) is 7.75. The van der Waals surface area contributed by atoms with Gasteiger partial charge in [-0.15, -0.1) is 0 Å². The molecule has 0 saturated carbocycles. The van der Waals surface area contributed by atoms with Crippen LogP contribution in [0.15, 0.2) is 66.7 Å². The van der Waals surface area contributed by atoms with Crippen molar-refractivity contribution in [2.24, 2.45) is 0 Å². The standard InChI is InChI=1S/C25H28N4O4/c1-29(2)22-13-10-18(14-20(22)24(30)26-16-17-8-6-5-7-9-17)27-25(31)28-21-12-11-19(32-3)15-23(21)33-4/h5-15H,16H2,1-4H3,(H,26,30)(H2,27,28,31). The molecule has 3 rings (SSSR count). The molecule has 0 spiro atoms. The molecule has 0 unspecified atom stereocenters. The van der Waals surface area contributed by atoms with Crippen molar-refractivity contribution in [1.82, 2.24) is 5.32 Å². The van der Waals surface area contributed by atoms with E-state index in [1.165, 1.54) is 7.11 Å². The minimum Gasteiger partial charge on any atom is -0.497 e. The number of nitrogens with one attached hydrogen (secondary N) is 3. The van der Waals surface area contributed by atoms with Crippen LogP contribution < -0.4 is 30.3 Å². The smallest absolute Gasteiger partial charge is 0.323 e. The summed E-state index contributed by atoms with van der Waals surface area (Å²) >= 11 is 0. The van der Waals surface area contributed by atoms with Gasteiger partial charge in [0.15, 0.2) is 0 Å². The van der Waals surface area contributed by atoms with Crippen LogP contribution in [0.3, 0.4) is 0 Å². The highest BCUT2D eigenvalue weighted by Gasteiger charge is 2.15. The Morgan fingerprint density at radius 2 is 1.64 bits per heavy atom. The summed E-state index contributed by atoms with van der Waals surface area (Å²) in [6.07, 6.45) is 0. The Balaban J connectivity index is 1.74. The summed E-state index contributed by atoms with van der Waals surface area (Å²) in [6, 6.07) is 19.5. The number of benzene rings is 3. The molecule has 172 valence electrons. The molecule has 0 heterocycles. The average Bonchev–Trinajstić information content (AvgIpc) is 2.83. The van der Waals surface area contributed by atoms with Gasteiger partial charge in [-0.2, -0.15) is 0 Å². The van der Waals surface area contributed by atoms with Gasteiger partial charge in [0.05, 0.1) is 25.5 Å². The number of hydrogen-bond acceptors (Lipinski definition) is 5. The number of methoxy groups -OCH3 is 2. The summed E-state index contributed by atoms with van der Waals surface area (Å²) in [7, 11) is 6.79. The lowest BCUT2D eigenvalue weighted by Crippen LogP contribution is -2.26. The lowest BCUT2D eigenvalue weighted by Gasteiger charge is -2.19. The van der Waals surface area contributed by atoms with E-state index in [2.05, 4.69) is 16.0 Å². The maximum atomic E-state index is 12.9. The number of amides is 3. The Bertz CT molecular complexity index is 1120. The number of anilines is 3. The largest absolute Gasteiger partial charge is 0.497 e. The van der Waals surface area contributed by atoms with Gasteiger partial charge >= 0.3 is 6.03 Å². The van der Waals surface area contributed by atoms with Crippen LogP contribution in [0.1, 0.15) is 15.9 Å². The van der Waals surface area contributed by atoms with Crippen molar-refractivity contribution in [3.63, 3.8) is 0 Å². The van der Waals surface area contributed by atoms with Crippen molar-refractivity contribution in [1.29, 1.82) is 0 Å². The highest BCUT2D eigenvalue weighted by molar-refractivity contribution is 6.04. The van der Waals surface area contributed by atoms with Gasteiger partial charge in [-0.25, -0.2) is 4.79 Å². The first-order chi connectivity index (χ1) is 15.9. The zero-order valence-electron chi connectivity index (χ0n) is 19.1. The molecule has 0 radical (unpaired) electrons. The predicted octanol–water partition coefficient (Wildman–Crippen LogP) is 4.34. The zero-order chi connectivity index (χ0) is 23.8. The summed E-state index contributed by atoms with van der Waals surface area (Å²) < 4.78 is 10.5. The maximum Gasteiger partial charge on any atom is 0.323 e. The lowest BCUT2D eigenvalue weighted by atomic mass is 10.1. The highest BCUT2D eigenvalue weighted by atomic mass is 16.5. The van der Waals surface area contributed by atoms with Crippen molar-refractivity contribution in [2.45, 2.75) is 6.54 Å². The molecule has 3 N–H and O–H groups in total. The summed E-state index contributed by atoms with van der Waals surface area (Å²) in [6.45, 7) is 0.405. The minimum absolute atomic E-state index is 0.233. The van der Waals surface area contributed by atoms with Gasteiger partial charge in [0, 0.05) is 38.1 Å². The summed E-state index contributed by atoms with van der Waals surface area (Å²) in [4.78, 5) is 27.4. The first-order valence-corrected chi connectivity index (χ1v) is 10.3. The van der Waals surface area contributed by atoms with E-state index in [9.17, 15) is 9.59 Å². The molecule has 0 bridgehead atoms. The molecular formula is C25H28N4O4. The lowest BCUT2D eigenvalue weighted by molar-refractivity contribution is 0.0951. The molecule has 0 aliphatic rings. The molecule has 0 fully saturated rings. The fraction of sp³-hybridized carbons (Fsp3) is 0.200. The second-order valence-electron chi connectivity index (χ2n) is 7.44. The van der Waals surface area contributed by atoms with Gasteiger partial charge in [-0.3, -0.25) is 4.79 Å². The molecule has 3 amide bonds. The third kappa shape index (κ3) is 6.16. The van der Waals surface area contributed by atoms with Crippen LogP contribution >= 0.6 is 0 Å². The topological polar surface area (TPSA) is 91.9 Å². The Labute approximate surface area is 193 Å². The minimum atomic E-state index is -0.466. The van der Waals surface area contributed by atoms with E-state index in [0.29, 0.717) is 35.0 Å². The molecule has 8 heteroatoms. The first kappa shape index (κ1) is 23.5. The van der Waals surface area contributed by atoms with E-state index in [1.807, 2.05) is 49.3 Å². The van der Waals surface area contributed by atoms with Crippen LogP contribution in [-0.4, -0.2) is 40.3 Å². The first-order valence-electron chi connectivity index (χ1n) is 10.3. The molecule has 0 aliphatic carbocycles. The van der Waals surface area contributed by atoms with Crippen molar-refractivity contribution < 1.29 is 19.1 Å². The van der Waals surface area contributed by atoms with E-state index >= 15 is 0 Å². The van der Waals surface area contributed by atoms with Crippen molar-refractivity contribution in [3.05, 3.63) is 77.9 Å². The second-order valence-corrected chi connectivity index (χ2v) is 7.44. The van der Waals surface area contributed by atoms with Crippen molar-refractivity contribution in [3.8, 4) is 11.5 Å². The van der Waals surface area contributed by atoms with Gasteiger partial charge in [0.1, 0.15) is 11.5 Å². The number of urea groups is 1. The van der Waals surface area contributed by atoms with Gasteiger partial charge in [0.25, 0.3) is 5.91 Å². The average molecular weight is 449 g/mol. The van der Waals surface area contributed by atoms with Crippen molar-refractivity contribution >= 4 is 29.0 Å². The summed E-state index contributed by atoms with van der Waals surface area (Å²) in [5.74, 6) is 0.847. The number of nitrogens with zero attached hydrogens (tertiary/aromatic N) is 1. The van der Waals surface area contributed by atoms with Gasteiger partial charge in [0.2, 0.25) is 0 Å². The van der Waals surface area contributed by atoms with E-state index in [-0.39, 0.29) is 5.91 Å². The van der Waals surface area contributed by atoms with Crippen LogP contribution in [-0.2, 0) is 6.54 Å².